The number of carbonyl (C=O) groups is 1. The van der Waals surface area contributed by atoms with E-state index in [1.807, 2.05) is 4.90 Å². The molecule has 1 aliphatic heterocycles. The molecule has 1 N–H and O–H groups in total. The highest BCUT2D eigenvalue weighted by atomic mass is 16.2. The molecule has 0 aromatic heterocycles. The van der Waals surface area contributed by atoms with Crippen LogP contribution in [-0.4, -0.2) is 36.5 Å². The van der Waals surface area contributed by atoms with E-state index in [9.17, 15) is 4.79 Å². The van der Waals surface area contributed by atoms with Crippen molar-refractivity contribution in [2.75, 3.05) is 19.6 Å². The minimum absolute atomic E-state index is 0.0391. The Bertz CT molecular complexity index is 282. The van der Waals surface area contributed by atoms with Crippen LogP contribution in [0.4, 0.5) is 0 Å². The monoisotopic (exact) mass is 207 g/mol. The molecule has 1 rings (SSSR count). The van der Waals surface area contributed by atoms with Crippen LogP contribution in [0.25, 0.3) is 0 Å². The van der Waals surface area contributed by atoms with Gasteiger partial charge < -0.3 is 5.32 Å². The van der Waals surface area contributed by atoms with Crippen molar-refractivity contribution < 1.29 is 4.79 Å². The molecule has 0 aromatic rings. The van der Waals surface area contributed by atoms with Crippen LogP contribution in [0.3, 0.4) is 0 Å². The second-order valence-corrected chi connectivity index (χ2v) is 3.97. The Kier molecular flexibility index (Phi) is 4.32. The van der Waals surface area contributed by atoms with Gasteiger partial charge in [-0.25, -0.2) is 0 Å². The van der Waals surface area contributed by atoms with Crippen molar-refractivity contribution in [3.05, 3.63) is 12.7 Å². The third-order valence-electron chi connectivity index (χ3n) is 2.56. The average Bonchev–Trinajstić information content (AvgIpc) is 2.33. The van der Waals surface area contributed by atoms with Crippen LogP contribution in [0.15, 0.2) is 12.7 Å². The van der Waals surface area contributed by atoms with E-state index in [4.69, 9.17) is 5.26 Å². The molecule has 0 spiro atoms. The summed E-state index contributed by atoms with van der Waals surface area (Å²) in [5.74, 6) is 0.375. The lowest BCUT2D eigenvalue weighted by Gasteiger charge is -2.26. The summed E-state index contributed by atoms with van der Waals surface area (Å²) in [5.41, 5.74) is 0. The highest BCUT2D eigenvalue weighted by molar-refractivity contribution is 5.82. The van der Waals surface area contributed by atoms with E-state index in [-0.39, 0.29) is 18.4 Å². The number of rotatable bonds is 3. The molecule has 1 fully saturated rings. The number of nitriles is 1. The molecule has 4 nitrogen and oxygen atoms in total. The van der Waals surface area contributed by atoms with Crippen LogP contribution in [0, 0.1) is 17.2 Å². The lowest BCUT2D eigenvalue weighted by atomic mass is 10.1. The summed E-state index contributed by atoms with van der Waals surface area (Å²) in [6.07, 6.45) is 2.02. The number of carbonyl (C=O) groups excluding carboxylic acids is 1. The van der Waals surface area contributed by atoms with E-state index < -0.39 is 0 Å². The van der Waals surface area contributed by atoms with E-state index in [2.05, 4.69) is 24.9 Å². The second kappa shape index (κ2) is 5.52. The van der Waals surface area contributed by atoms with Crippen LogP contribution in [-0.2, 0) is 4.79 Å². The third-order valence-corrected chi connectivity index (χ3v) is 2.56. The molecule has 15 heavy (non-hydrogen) atoms. The van der Waals surface area contributed by atoms with Crippen molar-refractivity contribution in [3.8, 4) is 6.07 Å². The standard InChI is InChI=1S/C11H17N3O/c1-3-6-14-8-9(2)7-13-11(15)10(14)4-5-12/h3,9-10H,1,4,6-8H2,2H3,(H,13,15). The van der Waals surface area contributed by atoms with E-state index in [0.717, 1.165) is 6.54 Å². The summed E-state index contributed by atoms with van der Waals surface area (Å²) in [7, 11) is 0. The molecular weight excluding hydrogens is 190 g/mol. The first kappa shape index (κ1) is 11.7. The summed E-state index contributed by atoms with van der Waals surface area (Å²) in [4.78, 5) is 13.7. The van der Waals surface area contributed by atoms with Crippen molar-refractivity contribution >= 4 is 5.91 Å². The normalized spacial score (nSPS) is 27.6. The zero-order valence-corrected chi connectivity index (χ0v) is 9.07. The molecule has 0 bridgehead atoms. The molecule has 0 aromatic carbocycles. The fraction of sp³-hybridized carbons (Fsp3) is 0.636. The Morgan fingerprint density at radius 1 is 1.80 bits per heavy atom. The van der Waals surface area contributed by atoms with Crippen LogP contribution >= 0.6 is 0 Å². The van der Waals surface area contributed by atoms with Crippen molar-refractivity contribution in [1.29, 1.82) is 5.26 Å². The molecule has 82 valence electrons. The quantitative estimate of drug-likeness (QED) is 0.686. The van der Waals surface area contributed by atoms with Crippen molar-refractivity contribution in [1.82, 2.24) is 10.2 Å². The molecule has 2 unspecified atom stereocenters. The highest BCUT2D eigenvalue weighted by Crippen LogP contribution is 2.11. The van der Waals surface area contributed by atoms with Crippen LogP contribution in [0.1, 0.15) is 13.3 Å². The van der Waals surface area contributed by atoms with Crippen LogP contribution in [0.2, 0.25) is 0 Å². The lowest BCUT2D eigenvalue weighted by molar-refractivity contribution is -0.125. The van der Waals surface area contributed by atoms with E-state index in [1.54, 1.807) is 6.08 Å². The second-order valence-electron chi connectivity index (χ2n) is 3.97. The SMILES string of the molecule is C=CCN1CC(C)CNC(=O)C1CC#N. The van der Waals surface area contributed by atoms with Gasteiger partial charge in [0, 0.05) is 19.6 Å². The predicted octanol–water partition coefficient (Wildman–Crippen LogP) is 0.523. The Morgan fingerprint density at radius 2 is 2.53 bits per heavy atom. The highest BCUT2D eigenvalue weighted by Gasteiger charge is 2.29. The smallest absolute Gasteiger partial charge is 0.238 e. The molecule has 1 amide bonds. The van der Waals surface area contributed by atoms with Gasteiger partial charge in [-0.05, 0) is 5.92 Å². The van der Waals surface area contributed by atoms with Gasteiger partial charge in [-0.1, -0.05) is 13.0 Å². The Balaban J connectivity index is 2.78. The average molecular weight is 207 g/mol. The number of hydrogen-bond donors (Lipinski definition) is 1. The number of amides is 1. The lowest BCUT2D eigenvalue weighted by Crippen LogP contribution is -2.44. The fourth-order valence-electron chi connectivity index (χ4n) is 1.83. The van der Waals surface area contributed by atoms with Gasteiger partial charge in [0.25, 0.3) is 0 Å². The maximum atomic E-state index is 11.7. The fourth-order valence-corrected chi connectivity index (χ4v) is 1.83. The first-order valence-corrected chi connectivity index (χ1v) is 5.18. The first-order chi connectivity index (χ1) is 7.19. The molecule has 0 radical (unpaired) electrons. The first-order valence-electron chi connectivity index (χ1n) is 5.18. The Hall–Kier alpha value is -1.34. The molecule has 0 aliphatic carbocycles. The van der Waals surface area contributed by atoms with Gasteiger partial charge in [-0.15, -0.1) is 6.58 Å². The van der Waals surface area contributed by atoms with Gasteiger partial charge in [0.1, 0.15) is 6.04 Å². The zero-order chi connectivity index (χ0) is 11.3. The van der Waals surface area contributed by atoms with E-state index in [1.165, 1.54) is 0 Å². The van der Waals surface area contributed by atoms with Crippen molar-refractivity contribution in [2.24, 2.45) is 5.92 Å². The van der Waals surface area contributed by atoms with Gasteiger partial charge in [-0.3, -0.25) is 9.69 Å². The number of nitrogens with zero attached hydrogens (tertiary/aromatic N) is 2. The molecule has 1 aliphatic rings. The molecular formula is C11H17N3O. The topological polar surface area (TPSA) is 56.1 Å². The van der Waals surface area contributed by atoms with Crippen molar-refractivity contribution in [3.63, 3.8) is 0 Å². The number of hydrogen-bond acceptors (Lipinski definition) is 3. The van der Waals surface area contributed by atoms with Gasteiger partial charge in [0.2, 0.25) is 5.91 Å². The molecule has 4 heteroatoms. The maximum absolute atomic E-state index is 11.7. The molecule has 2 atom stereocenters. The summed E-state index contributed by atoms with van der Waals surface area (Å²) in [6, 6.07) is 1.74. The van der Waals surface area contributed by atoms with Gasteiger partial charge in [-0.2, -0.15) is 5.26 Å². The largest absolute Gasteiger partial charge is 0.354 e. The predicted molar refractivity (Wildman–Crippen MR) is 58.0 cm³/mol. The zero-order valence-electron chi connectivity index (χ0n) is 9.07. The van der Waals surface area contributed by atoms with Crippen LogP contribution < -0.4 is 5.32 Å². The van der Waals surface area contributed by atoms with Crippen molar-refractivity contribution in [2.45, 2.75) is 19.4 Å². The third kappa shape index (κ3) is 3.07. The van der Waals surface area contributed by atoms with E-state index in [0.29, 0.717) is 19.0 Å². The maximum Gasteiger partial charge on any atom is 0.238 e. The minimum atomic E-state index is -0.321. The summed E-state index contributed by atoms with van der Waals surface area (Å²) < 4.78 is 0. The summed E-state index contributed by atoms with van der Waals surface area (Å²) >= 11 is 0. The minimum Gasteiger partial charge on any atom is -0.354 e. The Morgan fingerprint density at radius 3 is 3.13 bits per heavy atom. The molecule has 1 saturated heterocycles. The number of nitrogens with one attached hydrogen (secondary N) is 1. The van der Waals surface area contributed by atoms with Gasteiger partial charge >= 0.3 is 0 Å². The van der Waals surface area contributed by atoms with E-state index >= 15 is 0 Å². The summed E-state index contributed by atoms with van der Waals surface area (Å²) in [5, 5.41) is 11.5. The molecule has 1 heterocycles. The van der Waals surface area contributed by atoms with Gasteiger partial charge in [0.05, 0.1) is 12.5 Å². The van der Waals surface area contributed by atoms with Crippen LogP contribution in [0.5, 0.6) is 0 Å². The Labute approximate surface area is 90.6 Å². The summed E-state index contributed by atoms with van der Waals surface area (Å²) in [6.45, 7) is 7.94. The molecule has 0 saturated carbocycles. The van der Waals surface area contributed by atoms with Gasteiger partial charge in [0.15, 0.2) is 0 Å².